The molecule has 0 aliphatic carbocycles. The summed E-state index contributed by atoms with van der Waals surface area (Å²) in [7, 11) is 1.56. The van der Waals surface area contributed by atoms with Gasteiger partial charge in [-0.2, -0.15) is 0 Å². The number of amides is 1. The smallest absolute Gasteiger partial charge is 0.335 e. The van der Waals surface area contributed by atoms with Crippen LogP contribution in [0.5, 0.6) is 5.75 Å². The molecular formula is C33H25N3O6S. The molecule has 214 valence electrons. The summed E-state index contributed by atoms with van der Waals surface area (Å²) in [6.45, 7) is 1.76. The zero-order valence-electron chi connectivity index (χ0n) is 23.1. The van der Waals surface area contributed by atoms with E-state index >= 15 is 0 Å². The molecule has 0 bridgehead atoms. The minimum Gasteiger partial charge on any atom is -0.497 e. The second kappa shape index (κ2) is 11.4. The second-order valence-corrected chi connectivity index (χ2v) is 10.8. The number of allylic oxidation sites excluding steroid dienone is 1. The van der Waals surface area contributed by atoms with Gasteiger partial charge in [-0.1, -0.05) is 53.8 Å². The Morgan fingerprint density at radius 3 is 2.51 bits per heavy atom. The average molecular weight is 592 g/mol. The summed E-state index contributed by atoms with van der Waals surface area (Å²) in [4.78, 5) is 44.0. The van der Waals surface area contributed by atoms with Crippen LogP contribution >= 0.6 is 11.3 Å². The molecule has 1 aliphatic heterocycles. The third-order valence-electron chi connectivity index (χ3n) is 7.02. The average Bonchev–Trinajstić information content (AvgIpc) is 3.61. The predicted molar refractivity (Wildman–Crippen MR) is 163 cm³/mol. The van der Waals surface area contributed by atoms with Crippen LogP contribution in [0.3, 0.4) is 0 Å². The van der Waals surface area contributed by atoms with E-state index in [0.717, 1.165) is 0 Å². The summed E-state index contributed by atoms with van der Waals surface area (Å²) in [6, 6.07) is 25.5. The van der Waals surface area contributed by atoms with Crippen molar-refractivity contribution in [1.29, 1.82) is 0 Å². The lowest BCUT2D eigenvalue weighted by molar-refractivity contribution is -0.113. The standard InChI is InChI=1S/C33H25N3O6S/c1-19-28(30(37)35-23-8-4-3-5-9-23)29(22-7-6-10-24(17-22)41-2)36-31(38)27(43-33(36)34-19)18-25-15-16-26(42-25)20-11-13-21(14-12-20)32(39)40/h3-18,29H,1-2H3,(H,35,37)(H,39,40)/b27-18-. The fourth-order valence-corrected chi connectivity index (χ4v) is 5.98. The van der Waals surface area contributed by atoms with E-state index in [9.17, 15) is 14.4 Å². The van der Waals surface area contributed by atoms with Gasteiger partial charge in [0, 0.05) is 17.3 Å². The van der Waals surface area contributed by atoms with Crippen molar-refractivity contribution in [2.75, 3.05) is 12.4 Å². The number of para-hydroxylation sites is 1. The highest BCUT2D eigenvalue weighted by molar-refractivity contribution is 7.07. The highest BCUT2D eigenvalue weighted by Gasteiger charge is 2.32. The number of nitrogens with zero attached hydrogens (tertiary/aromatic N) is 2. The number of ether oxygens (including phenoxy) is 1. The topological polar surface area (TPSA) is 123 Å². The number of benzene rings is 3. The Morgan fingerprint density at radius 2 is 1.79 bits per heavy atom. The first-order valence-corrected chi connectivity index (χ1v) is 14.1. The molecule has 43 heavy (non-hydrogen) atoms. The maximum atomic E-state index is 14.0. The summed E-state index contributed by atoms with van der Waals surface area (Å²) in [6.07, 6.45) is 1.64. The molecule has 2 N–H and O–H groups in total. The molecule has 0 radical (unpaired) electrons. The van der Waals surface area contributed by atoms with Gasteiger partial charge in [-0.15, -0.1) is 0 Å². The van der Waals surface area contributed by atoms with E-state index in [-0.39, 0.29) is 17.0 Å². The number of hydrogen-bond acceptors (Lipinski definition) is 7. The number of rotatable bonds is 7. The molecule has 3 heterocycles. The van der Waals surface area contributed by atoms with Crippen LogP contribution in [0.2, 0.25) is 0 Å². The lowest BCUT2D eigenvalue weighted by atomic mass is 9.95. The van der Waals surface area contributed by atoms with Crippen molar-refractivity contribution in [3.8, 4) is 17.1 Å². The SMILES string of the molecule is COc1cccc(C2C(C(=O)Nc3ccccc3)=C(C)N=c3s/c(=C\c4ccc(-c5ccc(C(=O)O)cc5)o4)c(=O)n32)c1. The normalized spacial score (nSPS) is 14.7. The number of carbonyl (C=O) groups excluding carboxylic acids is 1. The van der Waals surface area contributed by atoms with Crippen LogP contribution in [-0.2, 0) is 4.79 Å². The maximum absolute atomic E-state index is 14.0. The number of aromatic carboxylic acids is 1. The molecule has 1 aliphatic rings. The molecule has 0 saturated carbocycles. The Balaban J connectivity index is 1.43. The molecule has 0 saturated heterocycles. The number of hydrogen-bond donors (Lipinski definition) is 2. The Morgan fingerprint density at radius 1 is 1.02 bits per heavy atom. The Bertz CT molecular complexity index is 2070. The third-order valence-corrected chi connectivity index (χ3v) is 8.01. The van der Waals surface area contributed by atoms with E-state index in [4.69, 9.17) is 14.3 Å². The van der Waals surface area contributed by atoms with Crippen LogP contribution in [0.1, 0.15) is 34.6 Å². The molecular weight excluding hydrogens is 566 g/mol. The number of carboxylic acids is 1. The van der Waals surface area contributed by atoms with E-state index in [2.05, 4.69) is 10.3 Å². The predicted octanol–water partition coefficient (Wildman–Crippen LogP) is 4.84. The molecule has 6 rings (SSSR count). The third kappa shape index (κ3) is 5.43. The number of anilines is 1. The number of aromatic nitrogens is 1. The zero-order valence-corrected chi connectivity index (χ0v) is 23.9. The maximum Gasteiger partial charge on any atom is 0.335 e. The van der Waals surface area contributed by atoms with Gasteiger partial charge < -0.3 is 19.6 Å². The zero-order chi connectivity index (χ0) is 30.1. The van der Waals surface area contributed by atoms with Gasteiger partial charge in [-0.05, 0) is 61.0 Å². The first-order chi connectivity index (χ1) is 20.8. The minimum atomic E-state index is -1.01. The van der Waals surface area contributed by atoms with Crippen LogP contribution in [-0.4, -0.2) is 28.7 Å². The molecule has 0 spiro atoms. The van der Waals surface area contributed by atoms with Gasteiger partial charge in [0.1, 0.15) is 17.3 Å². The van der Waals surface area contributed by atoms with Gasteiger partial charge in [-0.25, -0.2) is 9.79 Å². The number of fused-ring (bicyclic) bond motifs is 1. The number of carboxylic acid groups (broad SMARTS) is 1. The molecule has 0 fully saturated rings. The van der Waals surface area contributed by atoms with Crippen LogP contribution in [0.25, 0.3) is 17.4 Å². The van der Waals surface area contributed by atoms with Gasteiger partial charge in [0.05, 0.1) is 34.5 Å². The molecule has 1 atom stereocenters. The minimum absolute atomic E-state index is 0.175. The Hall–Kier alpha value is -5.48. The number of furan rings is 1. The molecule has 10 heteroatoms. The molecule has 5 aromatic rings. The molecule has 9 nitrogen and oxygen atoms in total. The largest absolute Gasteiger partial charge is 0.497 e. The number of thiazole rings is 1. The number of methoxy groups -OCH3 is 1. The van der Waals surface area contributed by atoms with Crippen LogP contribution in [0.4, 0.5) is 5.69 Å². The van der Waals surface area contributed by atoms with Crippen molar-refractivity contribution in [1.82, 2.24) is 4.57 Å². The quantitative estimate of drug-likeness (QED) is 0.279. The van der Waals surface area contributed by atoms with Crippen molar-refractivity contribution in [3.63, 3.8) is 0 Å². The number of nitrogens with one attached hydrogen (secondary N) is 1. The van der Waals surface area contributed by atoms with Crippen LogP contribution in [0, 0.1) is 0 Å². The van der Waals surface area contributed by atoms with E-state index < -0.39 is 12.0 Å². The second-order valence-electron chi connectivity index (χ2n) is 9.76. The van der Waals surface area contributed by atoms with Gasteiger partial charge in [0.15, 0.2) is 4.80 Å². The highest BCUT2D eigenvalue weighted by Crippen LogP contribution is 2.32. The van der Waals surface area contributed by atoms with Crippen molar-refractivity contribution >= 4 is 35.0 Å². The van der Waals surface area contributed by atoms with Crippen molar-refractivity contribution < 1.29 is 23.8 Å². The fourth-order valence-electron chi connectivity index (χ4n) is 4.95. The van der Waals surface area contributed by atoms with Gasteiger partial charge in [-0.3, -0.25) is 14.2 Å². The summed E-state index contributed by atoms with van der Waals surface area (Å²) in [5.41, 5.74) is 2.73. The first-order valence-electron chi connectivity index (χ1n) is 13.3. The van der Waals surface area contributed by atoms with E-state index in [0.29, 0.717) is 54.7 Å². The van der Waals surface area contributed by atoms with Crippen LogP contribution in [0.15, 0.2) is 116 Å². The number of carbonyl (C=O) groups is 2. The molecule has 2 aromatic heterocycles. The summed E-state index contributed by atoms with van der Waals surface area (Å²) < 4.78 is 13.3. The molecule has 1 unspecified atom stereocenters. The first kappa shape index (κ1) is 27.7. The van der Waals surface area contributed by atoms with E-state index in [1.807, 2.05) is 36.4 Å². The monoisotopic (exact) mass is 591 g/mol. The van der Waals surface area contributed by atoms with E-state index in [1.165, 1.54) is 28.0 Å². The Kier molecular flexibility index (Phi) is 7.35. The summed E-state index contributed by atoms with van der Waals surface area (Å²) >= 11 is 1.20. The van der Waals surface area contributed by atoms with Gasteiger partial charge in [0.2, 0.25) is 0 Å². The Labute approximate surface area is 249 Å². The van der Waals surface area contributed by atoms with Gasteiger partial charge >= 0.3 is 5.97 Å². The van der Waals surface area contributed by atoms with Crippen molar-refractivity contribution in [2.45, 2.75) is 13.0 Å². The van der Waals surface area contributed by atoms with E-state index in [1.54, 1.807) is 62.6 Å². The molecule has 1 amide bonds. The molecule has 3 aromatic carbocycles. The van der Waals surface area contributed by atoms with Crippen molar-refractivity contribution in [3.05, 3.63) is 139 Å². The lowest BCUT2D eigenvalue weighted by Crippen LogP contribution is -2.40. The summed E-state index contributed by atoms with van der Waals surface area (Å²) in [5, 5.41) is 12.1. The lowest BCUT2D eigenvalue weighted by Gasteiger charge is -2.25. The summed E-state index contributed by atoms with van der Waals surface area (Å²) in [5.74, 6) is 0.195. The fraction of sp³-hybridized carbons (Fsp3) is 0.0909. The van der Waals surface area contributed by atoms with Gasteiger partial charge in [0.25, 0.3) is 11.5 Å². The highest BCUT2D eigenvalue weighted by atomic mass is 32.1. The van der Waals surface area contributed by atoms with Crippen LogP contribution < -0.4 is 24.9 Å². The van der Waals surface area contributed by atoms with Crippen molar-refractivity contribution in [2.24, 2.45) is 4.99 Å².